The van der Waals surface area contributed by atoms with Crippen molar-refractivity contribution in [2.45, 2.75) is 50.8 Å². The van der Waals surface area contributed by atoms with Crippen LogP contribution in [0.25, 0.3) is 0 Å². The molecular formula is C17H22ClNO3. The number of hydrogen-bond acceptors (Lipinski definition) is 3. The standard InChI is InChI=1S/C17H22ClNO3/c1-17(2,22-15-8-6-12(18)7-9-15)16(20)19-13-4-3-5-14(19)11-21-10-13/h6-9,13-14H,3-5,10-11H2,1-2H3. The number of piperidine rings is 1. The van der Waals surface area contributed by atoms with Crippen molar-refractivity contribution in [1.29, 1.82) is 0 Å². The van der Waals surface area contributed by atoms with Crippen molar-refractivity contribution in [3.05, 3.63) is 29.3 Å². The third-order valence-corrected chi connectivity index (χ3v) is 4.67. The number of amides is 1. The number of carbonyl (C=O) groups excluding carboxylic acids is 1. The summed E-state index contributed by atoms with van der Waals surface area (Å²) in [6, 6.07) is 7.48. The maximum Gasteiger partial charge on any atom is 0.266 e. The van der Waals surface area contributed by atoms with E-state index in [2.05, 4.69) is 0 Å². The minimum atomic E-state index is -0.904. The monoisotopic (exact) mass is 323 g/mol. The highest BCUT2D eigenvalue weighted by Gasteiger charge is 2.44. The van der Waals surface area contributed by atoms with Gasteiger partial charge in [-0.3, -0.25) is 4.79 Å². The van der Waals surface area contributed by atoms with Gasteiger partial charge in [0.2, 0.25) is 0 Å². The number of ether oxygens (including phenoxy) is 2. The van der Waals surface area contributed by atoms with Gasteiger partial charge >= 0.3 is 0 Å². The summed E-state index contributed by atoms with van der Waals surface area (Å²) >= 11 is 5.89. The fraction of sp³-hybridized carbons (Fsp3) is 0.588. The molecule has 5 heteroatoms. The molecule has 2 bridgehead atoms. The van der Waals surface area contributed by atoms with Gasteiger partial charge in [-0.25, -0.2) is 0 Å². The first-order valence-electron chi connectivity index (χ1n) is 7.82. The number of hydrogen-bond donors (Lipinski definition) is 0. The molecule has 4 nitrogen and oxygen atoms in total. The van der Waals surface area contributed by atoms with Gasteiger partial charge in [0.1, 0.15) is 5.75 Å². The molecule has 1 amide bonds. The molecule has 2 aliphatic heterocycles. The van der Waals surface area contributed by atoms with Crippen LogP contribution < -0.4 is 4.74 Å². The van der Waals surface area contributed by atoms with Crippen molar-refractivity contribution < 1.29 is 14.3 Å². The van der Waals surface area contributed by atoms with Crippen LogP contribution >= 0.6 is 11.6 Å². The van der Waals surface area contributed by atoms with Gasteiger partial charge in [0.05, 0.1) is 25.3 Å². The van der Waals surface area contributed by atoms with Gasteiger partial charge < -0.3 is 14.4 Å². The van der Waals surface area contributed by atoms with E-state index in [1.807, 2.05) is 18.7 Å². The fourth-order valence-electron chi connectivity index (χ4n) is 3.32. The van der Waals surface area contributed by atoms with Crippen molar-refractivity contribution >= 4 is 17.5 Å². The molecular weight excluding hydrogens is 302 g/mol. The molecule has 0 aromatic heterocycles. The van der Waals surface area contributed by atoms with Gasteiger partial charge in [-0.1, -0.05) is 11.6 Å². The lowest BCUT2D eigenvalue weighted by Gasteiger charge is -2.48. The first-order valence-corrected chi connectivity index (χ1v) is 8.20. The summed E-state index contributed by atoms with van der Waals surface area (Å²) in [5.74, 6) is 0.696. The number of morpholine rings is 1. The number of halogens is 1. The van der Waals surface area contributed by atoms with Crippen LogP contribution in [0.4, 0.5) is 0 Å². The second-order valence-corrected chi connectivity index (χ2v) is 6.99. The molecule has 0 N–H and O–H groups in total. The Balaban J connectivity index is 1.76. The molecule has 0 radical (unpaired) electrons. The molecule has 1 aromatic rings. The van der Waals surface area contributed by atoms with E-state index in [0.717, 1.165) is 12.8 Å². The summed E-state index contributed by atoms with van der Waals surface area (Å²) in [7, 11) is 0. The Morgan fingerprint density at radius 3 is 2.41 bits per heavy atom. The first-order chi connectivity index (χ1) is 10.5. The van der Waals surface area contributed by atoms with E-state index in [1.165, 1.54) is 6.42 Å². The van der Waals surface area contributed by atoms with Crippen molar-refractivity contribution in [3.63, 3.8) is 0 Å². The lowest BCUT2D eigenvalue weighted by molar-refractivity contribution is -0.164. The van der Waals surface area contributed by atoms with Gasteiger partial charge in [-0.15, -0.1) is 0 Å². The largest absolute Gasteiger partial charge is 0.478 e. The smallest absolute Gasteiger partial charge is 0.266 e. The van der Waals surface area contributed by atoms with Gasteiger partial charge in [-0.2, -0.15) is 0 Å². The molecule has 2 fully saturated rings. The second kappa shape index (κ2) is 6.09. The van der Waals surface area contributed by atoms with Crippen LogP contribution in [-0.4, -0.2) is 41.7 Å². The van der Waals surface area contributed by atoms with Crippen molar-refractivity contribution in [2.75, 3.05) is 13.2 Å². The summed E-state index contributed by atoms with van der Waals surface area (Å²) in [5.41, 5.74) is -0.904. The van der Waals surface area contributed by atoms with E-state index in [9.17, 15) is 4.79 Å². The zero-order chi connectivity index (χ0) is 15.7. The van der Waals surface area contributed by atoms with Crippen LogP contribution in [0.15, 0.2) is 24.3 Å². The molecule has 0 spiro atoms. The molecule has 0 aliphatic carbocycles. The van der Waals surface area contributed by atoms with E-state index in [-0.39, 0.29) is 18.0 Å². The summed E-state index contributed by atoms with van der Waals surface area (Å²) in [5, 5.41) is 0.652. The molecule has 3 rings (SSSR count). The Morgan fingerprint density at radius 2 is 1.82 bits per heavy atom. The van der Waals surface area contributed by atoms with Gasteiger partial charge in [0.25, 0.3) is 5.91 Å². The number of nitrogens with zero attached hydrogens (tertiary/aromatic N) is 1. The number of benzene rings is 1. The summed E-state index contributed by atoms with van der Waals surface area (Å²) in [6.07, 6.45) is 3.19. The normalized spacial score (nSPS) is 25.0. The van der Waals surface area contributed by atoms with Crippen LogP contribution in [0.3, 0.4) is 0 Å². The molecule has 2 atom stereocenters. The third-order valence-electron chi connectivity index (χ3n) is 4.42. The lowest BCUT2D eigenvalue weighted by Crippen LogP contribution is -2.62. The Labute approximate surface area is 136 Å². The lowest BCUT2D eigenvalue weighted by atomic mass is 9.92. The number of fused-ring (bicyclic) bond motifs is 2. The molecule has 2 aliphatic rings. The minimum absolute atomic E-state index is 0.0421. The Bertz CT molecular complexity index is 521. The number of carbonyl (C=O) groups is 1. The van der Waals surface area contributed by atoms with E-state index < -0.39 is 5.60 Å². The topological polar surface area (TPSA) is 38.8 Å². The van der Waals surface area contributed by atoms with Crippen LogP contribution in [0.1, 0.15) is 33.1 Å². The van der Waals surface area contributed by atoms with Crippen molar-refractivity contribution in [2.24, 2.45) is 0 Å². The average molecular weight is 324 g/mol. The molecule has 1 aromatic carbocycles. The molecule has 120 valence electrons. The van der Waals surface area contributed by atoms with Gasteiger partial charge in [0.15, 0.2) is 5.60 Å². The Hall–Kier alpha value is -1.26. The first kappa shape index (κ1) is 15.6. The van der Waals surface area contributed by atoms with Crippen LogP contribution in [0.2, 0.25) is 5.02 Å². The van der Waals surface area contributed by atoms with E-state index in [1.54, 1.807) is 24.3 Å². The van der Waals surface area contributed by atoms with Gasteiger partial charge in [0, 0.05) is 5.02 Å². The predicted molar refractivity (Wildman–Crippen MR) is 85.3 cm³/mol. The van der Waals surface area contributed by atoms with Crippen LogP contribution in [0, 0.1) is 0 Å². The van der Waals surface area contributed by atoms with Crippen LogP contribution in [-0.2, 0) is 9.53 Å². The van der Waals surface area contributed by atoms with Crippen LogP contribution in [0.5, 0.6) is 5.75 Å². The SMILES string of the molecule is CC(C)(Oc1ccc(Cl)cc1)C(=O)N1C2CCCC1COC2. The summed E-state index contributed by atoms with van der Waals surface area (Å²) < 4.78 is 11.6. The zero-order valence-electron chi connectivity index (χ0n) is 13.0. The second-order valence-electron chi connectivity index (χ2n) is 6.55. The van der Waals surface area contributed by atoms with E-state index >= 15 is 0 Å². The average Bonchev–Trinajstić information content (AvgIpc) is 2.48. The maximum absolute atomic E-state index is 13.0. The highest BCUT2D eigenvalue weighted by atomic mass is 35.5. The van der Waals surface area contributed by atoms with Crippen molar-refractivity contribution in [1.82, 2.24) is 4.90 Å². The van der Waals surface area contributed by atoms with Gasteiger partial charge in [-0.05, 0) is 57.4 Å². The number of rotatable bonds is 3. The summed E-state index contributed by atoms with van der Waals surface area (Å²) in [6.45, 7) is 4.93. The minimum Gasteiger partial charge on any atom is -0.478 e. The molecule has 2 unspecified atom stereocenters. The van der Waals surface area contributed by atoms with E-state index in [0.29, 0.717) is 24.0 Å². The molecule has 2 heterocycles. The molecule has 2 saturated heterocycles. The highest BCUT2D eigenvalue weighted by Crippen LogP contribution is 2.31. The van der Waals surface area contributed by atoms with Crippen molar-refractivity contribution in [3.8, 4) is 5.75 Å². The Kier molecular flexibility index (Phi) is 4.33. The third kappa shape index (κ3) is 3.08. The maximum atomic E-state index is 13.0. The molecule has 0 saturated carbocycles. The Morgan fingerprint density at radius 1 is 1.23 bits per heavy atom. The fourth-order valence-corrected chi connectivity index (χ4v) is 3.44. The zero-order valence-corrected chi connectivity index (χ0v) is 13.8. The van der Waals surface area contributed by atoms with E-state index in [4.69, 9.17) is 21.1 Å². The highest BCUT2D eigenvalue weighted by molar-refractivity contribution is 6.30. The summed E-state index contributed by atoms with van der Waals surface area (Å²) in [4.78, 5) is 15.0. The predicted octanol–water partition coefficient (Wildman–Crippen LogP) is 3.28. The quantitative estimate of drug-likeness (QED) is 0.857. The molecule has 22 heavy (non-hydrogen) atoms.